The van der Waals surface area contributed by atoms with Crippen molar-refractivity contribution in [3.8, 4) is 0 Å². The lowest BCUT2D eigenvalue weighted by Gasteiger charge is -2.06. The third kappa shape index (κ3) is 2.66. The fourth-order valence-electron chi connectivity index (χ4n) is 1.29. The van der Waals surface area contributed by atoms with Crippen LogP contribution in [0.4, 0.5) is 11.6 Å². The van der Waals surface area contributed by atoms with E-state index in [-0.39, 0.29) is 0 Å². The molecule has 0 radical (unpaired) electrons. The first-order valence-corrected chi connectivity index (χ1v) is 5.01. The standard InChI is InChI=1S/C11H13N5/c1-12-10-5-11(16-8-15-10)14-7-9-3-2-4-13-6-9/h2-6,8H,7H2,1H3,(H2,12,14,15,16). The molecule has 2 rings (SSSR count). The second kappa shape index (κ2) is 5.06. The smallest absolute Gasteiger partial charge is 0.131 e. The Labute approximate surface area is 94.0 Å². The molecular weight excluding hydrogens is 202 g/mol. The van der Waals surface area contributed by atoms with Crippen LogP contribution in [-0.4, -0.2) is 22.0 Å². The summed E-state index contributed by atoms with van der Waals surface area (Å²) in [6.07, 6.45) is 5.11. The van der Waals surface area contributed by atoms with Gasteiger partial charge in [0.15, 0.2) is 0 Å². The fraction of sp³-hybridized carbons (Fsp3) is 0.182. The molecule has 0 aromatic carbocycles. The molecule has 0 saturated heterocycles. The van der Waals surface area contributed by atoms with Crippen LogP contribution in [0.1, 0.15) is 5.56 Å². The van der Waals surface area contributed by atoms with Crippen molar-refractivity contribution in [2.24, 2.45) is 0 Å². The van der Waals surface area contributed by atoms with Gasteiger partial charge in [-0.2, -0.15) is 0 Å². The van der Waals surface area contributed by atoms with Gasteiger partial charge in [-0.15, -0.1) is 0 Å². The first kappa shape index (κ1) is 10.4. The Hall–Kier alpha value is -2.17. The topological polar surface area (TPSA) is 62.7 Å². The Kier molecular flexibility index (Phi) is 3.28. The lowest BCUT2D eigenvalue weighted by molar-refractivity contribution is 1.06. The van der Waals surface area contributed by atoms with E-state index < -0.39 is 0 Å². The molecule has 0 saturated carbocycles. The molecule has 0 aliphatic rings. The van der Waals surface area contributed by atoms with Gasteiger partial charge in [-0.1, -0.05) is 6.07 Å². The number of pyridine rings is 1. The Morgan fingerprint density at radius 3 is 2.88 bits per heavy atom. The minimum Gasteiger partial charge on any atom is -0.373 e. The molecule has 0 fully saturated rings. The quantitative estimate of drug-likeness (QED) is 0.809. The molecule has 2 heterocycles. The second-order valence-corrected chi connectivity index (χ2v) is 3.25. The molecule has 2 aromatic rings. The number of aromatic nitrogens is 3. The van der Waals surface area contributed by atoms with Crippen molar-refractivity contribution < 1.29 is 0 Å². The van der Waals surface area contributed by atoms with Gasteiger partial charge in [-0.3, -0.25) is 4.98 Å². The van der Waals surface area contributed by atoms with Gasteiger partial charge in [-0.25, -0.2) is 9.97 Å². The van der Waals surface area contributed by atoms with Gasteiger partial charge in [0.05, 0.1) is 0 Å². The fourth-order valence-corrected chi connectivity index (χ4v) is 1.29. The molecule has 0 atom stereocenters. The van der Waals surface area contributed by atoms with Gasteiger partial charge in [-0.05, 0) is 11.6 Å². The van der Waals surface area contributed by atoms with Crippen LogP contribution in [-0.2, 0) is 6.54 Å². The van der Waals surface area contributed by atoms with Crippen molar-refractivity contribution in [3.05, 3.63) is 42.5 Å². The first-order chi connectivity index (χ1) is 7.88. The van der Waals surface area contributed by atoms with Crippen molar-refractivity contribution in [1.29, 1.82) is 0 Å². The molecule has 0 aliphatic heterocycles. The number of anilines is 2. The zero-order chi connectivity index (χ0) is 11.2. The van der Waals surface area contributed by atoms with E-state index in [2.05, 4.69) is 25.6 Å². The lowest BCUT2D eigenvalue weighted by atomic mass is 10.3. The van der Waals surface area contributed by atoms with Crippen LogP contribution in [0.25, 0.3) is 0 Å². The van der Waals surface area contributed by atoms with E-state index in [4.69, 9.17) is 0 Å². The van der Waals surface area contributed by atoms with E-state index in [1.165, 1.54) is 6.33 Å². The van der Waals surface area contributed by atoms with E-state index >= 15 is 0 Å². The predicted octanol–water partition coefficient (Wildman–Crippen LogP) is 1.53. The van der Waals surface area contributed by atoms with Gasteiger partial charge < -0.3 is 10.6 Å². The van der Waals surface area contributed by atoms with Crippen LogP contribution in [0.15, 0.2) is 36.9 Å². The van der Waals surface area contributed by atoms with Crippen molar-refractivity contribution in [2.45, 2.75) is 6.54 Å². The summed E-state index contributed by atoms with van der Waals surface area (Å²) < 4.78 is 0. The van der Waals surface area contributed by atoms with E-state index in [0.717, 1.165) is 17.2 Å². The highest BCUT2D eigenvalue weighted by Crippen LogP contribution is 2.08. The molecule has 16 heavy (non-hydrogen) atoms. The van der Waals surface area contributed by atoms with E-state index in [1.54, 1.807) is 6.20 Å². The number of rotatable bonds is 4. The zero-order valence-electron chi connectivity index (χ0n) is 9.01. The monoisotopic (exact) mass is 215 g/mol. The number of hydrogen-bond acceptors (Lipinski definition) is 5. The van der Waals surface area contributed by atoms with E-state index in [0.29, 0.717) is 6.54 Å². The molecule has 5 nitrogen and oxygen atoms in total. The minimum absolute atomic E-state index is 0.702. The summed E-state index contributed by atoms with van der Waals surface area (Å²) in [4.78, 5) is 12.2. The number of nitrogens with zero attached hydrogens (tertiary/aromatic N) is 3. The summed E-state index contributed by atoms with van der Waals surface area (Å²) in [5.41, 5.74) is 1.12. The van der Waals surface area contributed by atoms with Gasteiger partial charge in [0.25, 0.3) is 0 Å². The highest BCUT2D eigenvalue weighted by Gasteiger charge is 1.97. The van der Waals surface area contributed by atoms with E-state index in [1.807, 2.05) is 31.4 Å². The molecule has 2 N–H and O–H groups in total. The summed E-state index contributed by atoms with van der Waals surface area (Å²) in [6.45, 7) is 0.702. The maximum Gasteiger partial charge on any atom is 0.131 e. The number of nitrogens with one attached hydrogen (secondary N) is 2. The van der Waals surface area contributed by atoms with Crippen LogP contribution < -0.4 is 10.6 Å². The number of hydrogen-bond donors (Lipinski definition) is 2. The van der Waals surface area contributed by atoms with Gasteiger partial charge >= 0.3 is 0 Å². The average molecular weight is 215 g/mol. The van der Waals surface area contributed by atoms with Crippen molar-refractivity contribution in [2.75, 3.05) is 17.7 Å². The summed E-state index contributed by atoms with van der Waals surface area (Å²) >= 11 is 0. The predicted molar refractivity (Wildman–Crippen MR) is 63.1 cm³/mol. The minimum atomic E-state index is 0.702. The Morgan fingerprint density at radius 1 is 1.25 bits per heavy atom. The van der Waals surface area contributed by atoms with Crippen molar-refractivity contribution in [3.63, 3.8) is 0 Å². The molecule has 0 spiro atoms. The van der Waals surface area contributed by atoms with Gasteiger partial charge in [0.1, 0.15) is 18.0 Å². The third-order valence-electron chi connectivity index (χ3n) is 2.12. The van der Waals surface area contributed by atoms with Gasteiger partial charge in [0.2, 0.25) is 0 Å². The van der Waals surface area contributed by atoms with Gasteiger partial charge in [0, 0.05) is 32.1 Å². The Balaban J connectivity index is 1.99. The van der Waals surface area contributed by atoms with Crippen molar-refractivity contribution >= 4 is 11.6 Å². The molecule has 82 valence electrons. The molecular formula is C11H13N5. The molecule has 2 aromatic heterocycles. The molecule has 0 amide bonds. The largest absolute Gasteiger partial charge is 0.373 e. The summed E-state index contributed by atoms with van der Waals surface area (Å²) in [7, 11) is 1.83. The average Bonchev–Trinajstić information content (AvgIpc) is 2.38. The third-order valence-corrected chi connectivity index (χ3v) is 2.12. The Morgan fingerprint density at radius 2 is 2.12 bits per heavy atom. The normalized spacial score (nSPS) is 9.81. The lowest BCUT2D eigenvalue weighted by Crippen LogP contribution is -2.03. The van der Waals surface area contributed by atoms with Crippen LogP contribution >= 0.6 is 0 Å². The molecule has 0 unspecified atom stereocenters. The van der Waals surface area contributed by atoms with Crippen LogP contribution in [0.2, 0.25) is 0 Å². The molecule has 0 aliphatic carbocycles. The van der Waals surface area contributed by atoms with E-state index in [9.17, 15) is 0 Å². The zero-order valence-corrected chi connectivity index (χ0v) is 9.01. The van der Waals surface area contributed by atoms with Crippen LogP contribution in [0.5, 0.6) is 0 Å². The maximum absolute atomic E-state index is 4.12. The summed E-state index contributed by atoms with van der Waals surface area (Å²) in [5, 5.41) is 6.17. The van der Waals surface area contributed by atoms with Crippen LogP contribution in [0.3, 0.4) is 0 Å². The van der Waals surface area contributed by atoms with Crippen molar-refractivity contribution in [1.82, 2.24) is 15.0 Å². The Bertz CT molecular complexity index is 443. The highest BCUT2D eigenvalue weighted by molar-refractivity contribution is 5.46. The summed E-state index contributed by atoms with van der Waals surface area (Å²) in [6, 6.07) is 5.78. The summed E-state index contributed by atoms with van der Waals surface area (Å²) in [5.74, 6) is 1.59. The maximum atomic E-state index is 4.12. The first-order valence-electron chi connectivity index (χ1n) is 5.01. The van der Waals surface area contributed by atoms with Crippen LogP contribution in [0, 0.1) is 0 Å². The highest BCUT2D eigenvalue weighted by atomic mass is 15.0. The molecule has 0 bridgehead atoms. The SMILES string of the molecule is CNc1cc(NCc2cccnc2)ncn1. The second-order valence-electron chi connectivity index (χ2n) is 3.25. The molecule has 5 heteroatoms.